The summed E-state index contributed by atoms with van der Waals surface area (Å²) < 4.78 is 39.5. The maximum atomic E-state index is 12.8. The van der Waals surface area contributed by atoms with Crippen molar-refractivity contribution in [1.82, 2.24) is 4.72 Å². The van der Waals surface area contributed by atoms with Crippen molar-refractivity contribution in [3.8, 4) is 0 Å². The number of hydrogen-bond acceptors (Lipinski definition) is 5. The summed E-state index contributed by atoms with van der Waals surface area (Å²) in [6, 6.07) is 3.36. The van der Waals surface area contributed by atoms with Gasteiger partial charge < -0.3 is 14.4 Å². The predicted octanol–water partition coefficient (Wildman–Crippen LogP) is 2.82. The van der Waals surface area contributed by atoms with Gasteiger partial charge in [0.15, 0.2) is 6.29 Å². The van der Waals surface area contributed by atoms with Crippen LogP contribution in [0.4, 0.5) is 5.69 Å². The van der Waals surface area contributed by atoms with Crippen molar-refractivity contribution in [2.75, 3.05) is 31.2 Å². The summed E-state index contributed by atoms with van der Waals surface area (Å²) in [6.45, 7) is 7.28. The van der Waals surface area contributed by atoms with Crippen molar-refractivity contribution in [1.29, 1.82) is 0 Å². The lowest BCUT2D eigenvalue weighted by atomic mass is 10.2. The van der Waals surface area contributed by atoms with Gasteiger partial charge in [-0.1, -0.05) is 6.92 Å². The lowest BCUT2D eigenvalue weighted by Gasteiger charge is -2.19. The number of amides is 1. The maximum absolute atomic E-state index is 12.8. The number of rotatable bonds is 10. The van der Waals surface area contributed by atoms with E-state index in [1.165, 1.54) is 0 Å². The molecule has 1 aromatic rings. The van der Waals surface area contributed by atoms with E-state index in [0.717, 1.165) is 12.0 Å². The maximum Gasteiger partial charge on any atom is 0.241 e. The second-order valence-electron chi connectivity index (χ2n) is 6.09. The van der Waals surface area contributed by atoms with Crippen LogP contribution < -0.4 is 9.62 Å². The number of carbonyl (C=O) groups is 1. The summed E-state index contributed by atoms with van der Waals surface area (Å²) in [5, 5.41) is 0. The molecule has 0 atom stereocenters. The van der Waals surface area contributed by atoms with Crippen molar-refractivity contribution in [2.45, 2.75) is 51.2 Å². The Hall–Kier alpha value is -1.00. The van der Waals surface area contributed by atoms with Gasteiger partial charge in [-0.15, -0.1) is 0 Å². The lowest BCUT2D eigenvalue weighted by molar-refractivity contribution is -0.138. The van der Waals surface area contributed by atoms with Crippen LogP contribution in [0.5, 0.6) is 0 Å². The SMILES string of the molecule is CCOC(CCNS(=O)(=O)c1cc2c(cc1Br)CCN2C(=O)CC)OCC. The van der Waals surface area contributed by atoms with Crippen LogP contribution in [0.15, 0.2) is 21.5 Å². The molecule has 2 rings (SSSR count). The molecule has 1 aromatic carbocycles. The summed E-state index contributed by atoms with van der Waals surface area (Å²) in [5.41, 5.74) is 1.64. The van der Waals surface area contributed by atoms with E-state index in [-0.39, 0.29) is 17.3 Å². The zero-order valence-corrected chi connectivity index (χ0v) is 18.4. The third-order valence-electron chi connectivity index (χ3n) is 4.30. The van der Waals surface area contributed by atoms with Gasteiger partial charge in [-0.3, -0.25) is 4.79 Å². The van der Waals surface area contributed by atoms with E-state index in [9.17, 15) is 13.2 Å². The first-order valence-electron chi connectivity index (χ1n) is 9.19. The lowest BCUT2D eigenvalue weighted by Crippen LogP contribution is -2.30. The third kappa shape index (κ3) is 5.51. The van der Waals surface area contributed by atoms with Crippen molar-refractivity contribution in [3.63, 3.8) is 0 Å². The molecule has 0 spiro atoms. The van der Waals surface area contributed by atoms with E-state index in [1.807, 2.05) is 13.8 Å². The van der Waals surface area contributed by atoms with Crippen LogP contribution in [0, 0.1) is 0 Å². The Balaban J connectivity index is 2.15. The highest BCUT2D eigenvalue weighted by Crippen LogP contribution is 2.35. The number of sulfonamides is 1. The number of carbonyl (C=O) groups excluding carboxylic acids is 1. The van der Waals surface area contributed by atoms with E-state index >= 15 is 0 Å². The predicted molar refractivity (Wildman–Crippen MR) is 107 cm³/mol. The largest absolute Gasteiger partial charge is 0.353 e. The van der Waals surface area contributed by atoms with Crippen LogP contribution >= 0.6 is 15.9 Å². The molecule has 1 amide bonds. The number of ether oxygens (including phenoxy) is 2. The average Bonchev–Trinajstić information content (AvgIpc) is 3.03. The zero-order chi connectivity index (χ0) is 20.0. The van der Waals surface area contributed by atoms with Gasteiger partial charge in [0.05, 0.1) is 4.90 Å². The van der Waals surface area contributed by atoms with Gasteiger partial charge in [0, 0.05) is 49.3 Å². The first-order chi connectivity index (χ1) is 12.8. The van der Waals surface area contributed by atoms with E-state index in [1.54, 1.807) is 24.0 Å². The van der Waals surface area contributed by atoms with Crippen LogP contribution in [0.1, 0.15) is 39.2 Å². The number of nitrogens with zero attached hydrogens (tertiary/aromatic N) is 1. The van der Waals surface area contributed by atoms with Gasteiger partial charge in [0.25, 0.3) is 0 Å². The molecule has 1 aliphatic heterocycles. The van der Waals surface area contributed by atoms with E-state index in [0.29, 0.717) is 42.8 Å². The second-order valence-corrected chi connectivity index (χ2v) is 8.68. The van der Waals surface area contributed by atoms with Gasteiger partial charge in [0.2, 0.25) is 15.9 Å². The van der Waals surface area contributed by atoms with Crippen LogP contribution in [-0.2, 0) is 30.7 Å². The Morgan fingerprint density at radius 3 is 2.52 bits per heavy atom. The normalized spacial score (nSPS) is 14.0. The Morgan fingerprint density at radius 1 is 1.26 bits per heavy atom. The first-order valence-corrected chi connectivity index (χ1v) is 11.5. The second kappa shape index (κ2) is 9.97. The molecule has 9 heteroatoms. The molecule has 1 aliphatic rings. The molecule has 1 heterocycles. The fourth-order valence-electron chi connectivity index (χ4n) is 3.02. The van der Waals surface area contributed by atoms with Crippen LogP contribution in [0.2, 0.25) is 0 Å². The van der Waals surface area contributed by atoms with Gasteiger partial charge >= 0.3 is 0 Å². The number of nitrogens with one attached hydrogen (secondary N) is 1. The number of fused-ring (bicyclic) bond motifs is 1. The Bertz CT molecular complexity index is 763. The standard InChI is InChI=1S/C18H27BrN2O5S/c1-4-17(22)21-10-8-13-11-14(19)16(12-15(13)21)27(23,24)20-9-7-18(25-5-2)26-6-3/h11-12,18,20H,4-10H2,1-3H3. The van der Waals surface area contributed by atoms with E-state index in [4.69, 9.17) is 9.47 Å². The van der Waals surface area contributed by atoms with Crippen molar-refractivity contribution >= 4 is 37.5 Å². The van der Waals surface area contributed by atoms with Gasteiger partial charge in [0.1, 0.15) is 0 Å². The highest BCUT2D eigenvalue weighted by molar-refractivity contribution is 9.10. The van der Waals surface area contributed by atoms with Crippen molar-refractivity contribution < 1.29 is 22.7 Å². The summed E-state index contributed by atoms with van der Waals surface area (Å²) in [4.78, 5) is 13.9. The molecule has 0 aromatic heterocycles. The molecular weight excluding hydrogens is 436 g/mol. The summed E-state index contributed by atoms with van der Waals surface area (Å²) in [5.74, 6) is -0.0105. The van der Waals surface area contributed by atoms with Crippen molar-refractivity contribution in [2.24, 2.45) is 0 Å². The molecule has 0 unspecified atom stereocenters. The number of halogens is 1. The molecule has 152 valence electrons. The van der Waals surface area contributed by atoms with Gasteiger partial charge in [-0.05, 0) is 53.9 Å². The molecule has 0 radical (unpaired) electrons. The van der Waals surface area contributed by atoms with E-state index < -0.39 is 16.3 Å². The van der Waals surface area contributed by atoms with E-state index in [2.05, 4.69) is 20.7 Å². The smallest absolute Gasteiger partial charge is 0.241 e. The topological polar surface area (TPSA) is 84.9 Å². The monoisotopic (exact) mass is 462 g/mol. The van der Waals surface area contributed by atoms with Gasteiger partial charge in [-0.25, -0.2) is 13.1 Å². The van der Waals surface area contributed by atoms with Gasteiger partial charge in [-0.2, -0.15) is 0 Å². The Kier molecular flexibility index (Phi) is 8.23. The van der Waals surface area contributed by atoms with Crippen LogP contribution in [-0.4, -0.2) is 46.9 Å². The minimum absolute atomic E-state index is 0.0105. The van der Waals surface area contributed by atoms with Crippen LogP contribution in [0.25, 0.3) is 0 Å². The molecule has 0 saturated heterocycles. The molecule has 1 N–H and O–H groups in total. The minimum Gasteiger partial charge on any atom is -0.353 e. The van der Waals surface area contributed by atoms with Crippen molar-refractivity contribution in [3.05, 3.63) is 22.2 Å². The molecule has 0 bridgehead atoms. The average molecular weight is 463 g/mol. The highest BCUT2D eigenvalue weighted by atomic mass is 79.9. The number of hydrogen-bond donors (Lipinski definition) is 1. The third-order valence-corrected chi connectivity index (χ3v) is 6.72. The molecule has 0 aliphatic carbocycles. The Labute approximate surface area is 169 Å². The quantitative estimate of drug-likeness (QED) is 0.540. The molecule has 0 fully saturated rings. The minimum atomic E-state index is -3.74. The molecular formula is C18H27BrN2O5S. The number of benzene rings is 1. The molecule has 7 nitrogen and oxygen atoms in total. The Morgan fingerprint density at radius 2 is 1.93 bits per heavy atom. The number of anilines is 1. The van der Waals surface area contributed by atoms with Crippen LogP contribution in [0.3, 0.4) is 0 Å². The summed E-state index contributed by atoms with van der Waals surface area (Å²) >= 11 is 3.36. The fraction of sp³-hybridized carbons (Fsp3) is 0.611. The highest BCUT2D eigenvalue weighted by Gasteiger charge is 2.28. The summed E-state index contributed by atoms with van der Waals surface area (Å²) in [7, 11) is -3.74. The summed E-state index contributed by atoms with van der Waals surface area (Å²) in [6.07, 6.45) is 1.07. The first kappa shape index (κ1) is 22.3. The fourth-order valence-corrected chi connectivity index (χ4v) is 5.17. The molecule has 0 saturated carbocycles. The molecule has 27 heavy (non-hydrogen) atoms. The zero-order valence-electron chi connectivity index (χ0n) is 16.0.